The molecule has 2 aliphatic carbocycles. The fourth-order valence-corrected chi connectivity index (χ4v) is 15.4. The first-order valence-electron chi connectivity index (χ1n) is 26.2. The molecule has 0 saturated heterocycles. The molecule has 0 fully saturated rings. The molecule has 4 heteroatoms. The lowest BCUT2D eigenvalue weighted by Crippen LogP contribution is -2.62. The summed E-state index contributed by atoms with van der Waals surface area (Å²) in [6.07, 6.45) is 0. The molecule has 10 aromatic rings. The van der Waals surface area contributed by atoms with E-state index in [0.717, 1.165) is 0 Å². The van der Waals surface area contributed by atoms with E-state index in [1.54, 1.807) is 0 Å². The molecule has 0 aromatic heterocycles. The summed E-state index contributed by atoms with van der Waals surface area (Å²) < 4.78 is 0. The summed E-state index contributed by atoms with van der Waals surface area (Å²) in [5.41, 5.74) is 34.7. The van der Waals surface area contributed by atoms with Crippen molar-refractivity contribution in [2.75, 3.05) is 9.80 Å². The highest BCUT2D eigenvalue weighted by atomic mass is 15.3. The van der Waals surface area contributed by atoms with Crippen molar-refractivity contribution in [3.63, 3.8) is 0 Å². The highest BCUT2D eigenvalue weighted by molar-refractivity contribution is 7.01. The predicted octanol–water partition coefficient (Wildman–Crippen LogP) is 13.4. The second kappa shape index (κ2) is 14.1. The maximum absolute atomic E-state index is 2.76. The van der Waals surface area contributed by atoms with Crippen molar-refractivity contribution in [1.82, 2.24) is 0 Å². The van der Waals surface area contributed by atoms with E-state index in [2.05, 4.69) is 237 Å². The average molecular weight is 923 g/mol. The monoisotopic (exact) mass is 922 g/mol. The zero-order valence-electron chi connectivity index (χ0n) is 43.1. The summed E-state index contributed by atoms with van der Waals surface area (Å²) in [5.74, 6) is 0. The van der Waals surface area contributed by atoms with E-state index in [1.165, 1.54) is 166 Å². The van der Waals surface area contributed by atoms with Gasteiger partial charge in [0.05, 0.1) is 22.7 Å². The van der Waals surface area contributed by atoms with Gasteiger partial charge in [0.25, 0.3) is 0 Å². The van der Waals surface area contributed by atoms with Gasteiger partial charge in [-0.25, -0.2) is 0 Å². The van der Waals surface area contributed by atoms with Crippen molar-refractivity contribution in [1.29, 1.82) is 0 Å². The van der Waals surface area contributed by atoms with Gasteiger partial charge in [-0.15, -0.1) is 0 Å². The van der Waals surface area contributed by atoms with Crippen molar-refractivity contribution in [2.45, 2.75) is 80.1 Å². The number of anilines is 6. The van der Waals surface area contributed by atoms with Gasteiger partial charge in [-0.1, -0.05) is 205 Å². The molecule has 72 heavy (non-hydrogen) atoms. The molecule has 2 nitrogen and oxygen atoms in total. The Bertz CT molecular complexity index is 3840. The quantitative estimate of drug-likeness (QED) is 0.159. The number of fused-ring (bicyclic) bond motifs is 16. The van der Waals surface area contributed by atoms with Crippen LogP contribution in [0.5, 0.6) is 0 Å². The molecule has 0 unspecified atom stereocenters. The second-order valence-electron chi connectivity index (χ2n) is 23.2. The van der Waals surface area contributed by atoms with Crippen molar-refractivity contribution >= 4 is 102 Å². The molecule has 0 saturated carbocycles. The third-order valence-electron chi connectivity index (χ3n) is 18.2. The van der Waals surface area contributed by atoms with E-state index in [0.29, 0.717) is 0 Å². The van der Waals surface area contributed by atoms with Gasteiger partial charge in [-0.05, 0) is 154 Å². The third-order valence-corrected chi connectivity index (χ3v) is 18.2. The summed E-state index contributed by atoms with van der Waals surface area (Å²) in [5, 5.41) is 5.16. The van der Waals surface area contributed by atoms with E-state index in [-0.39, 0.29) is 24.3 Å². The zero-order valence-corrected chi connectivity index (χ0v) is 43.1. The van der Waals surface area contributed by atoms with Crippen LogP contribution in [-0.2, 0) is 10.8 Å². The van der Waals surface area contributed by atoms with Crippen LogP contribution in [0.3, 0.4) is 0 Å². The topological polar surface area (TPSA) is 6.48 Å². The molecule has 3 heterocycles. The molecular weight excluding hydrogens is 866 g/mol. The fourth-order valence-electron chi connectivity index (χ4n) is 15.4. The Labute approximate surface area is 425 Å². The Hall–Kier alpha value is -7.55. The van der Waals surface area contributed by atoms with Crippen molar-refractivity contribution in [3.05, 3.63) is 213 Å². The van der Waals surface area contributed by atoms with Crippen LogP contribution in [0.1, 0.15) is 83.3 Å². The minimum absolute atomic E-state index is 0.0253. The van der Waals surface area contributed by atoms with Gasteiger partial charge in [0.1, 0.15) is 0 Å². The molecule has 5 aliphatic rings. The lowest BCUT2D eigenvalue weighted by atomic mass is 9.32. The molecule has 15 rings (SSSR count). The summed E-state index contributed by atoms with van der Waals surface area (Å²) in [7, 11) is 0. The zero-order chi connectivity index (χ0) is 49.0. The molecule has 0 amide bonds. The van der Waals surface area contributed by atoms with Gasteiger partial charge < -0.3 is 9.80 Å². The van der Waals surface area contributed by atoms with E-state index in [1.807, 2.05) is 0 Å². The van der Waals surface area contributed by atoms with Gasteiger partial charge in [-0.3, -0.25) is 0 Å². The summed E-state index contributed by atoms with van der Waals surface area (Å²) in [4.78, 5) is 5.51. The Balaban J connectivity index is 1.15. The Morgan fingerprint density at radius 3 is 1.10 bits per heavy atom. The molecule has 344 valence electrons. The number of hydrogen-bond donors (Lipinski definition) is 0. The minimum atomic E-state index is -0.182. The number of rotatable bonds is 2. The third kappa shape index (κ3) is 5.22. The Morgan fingerprint density at radius 1 is 0.333 bits per heavy atom. The minimum Gasteiger partial charge on any atom is -0.307 e. The van der Waals surface area contributed by atoms with E-state index in [9.17, 15) is 0 Å². The standard InChI is InChI=1S/C68H56B2N2/c1-37-27-39(3)61(40(4)28-37)69-55-33-49-47-23-15-17-25-51(47)67(7,8)53(49)35-57(55)71-60-32-44-20-12-14-22-46(44)64-66(60)72(59-31-43-19-11-13-21-45(43)63(69)65(59)71)58-36-54-50(48-24-16-18-26-52(48)68(54,9)10)34-56(58)70(64)62-41(5)29-38(2)30-42(62)6/h11-36H,1-10H3. The number of benzene rings is 10. The summed E-state index contributed by atoms with van der Waals surface area (Å²) in [6, 6.07) is 62.2. The van der Waals surface area contributed by atoms with Crippen molar-refractivity contribution in [3.8, 4) is 22.3 Å². The highest BCUT2D eigenvalue weighted by Gasteiger charge is 2.51. The molecule has 0 radical (unpaired) electrons. The Morgan fingerprint density at radius 2 is 0.694 bits per heavy atom. The second-order valence-corrected chi connectivity index (χ2v) is 23.2. The smallest absolute Gasteiger partial charge is 0.248 e. The molecule has 10 aromatic carbocycles. The van der Waals surface area contributed by atoms with Crippen LogP contribution in [0.2, 0.25) is 0 Å². The first-order valence-corrected chi connectivity index (χ1v) is 26.2. The van der Waals surface area contributed by atoms with Crippen molar-refractivity contribution in [2.24, 2.45) is 0 Å². The highest BCUT2D eigenvalue weighted by Crippen LogP contribution is 2.60. The van der Waals surface area contributed by atoms with Crippen LogP contribution in [0, 0.1) is 41.5 Å². The van der Waals surface area contributed by atoms with E-state index < -0.39 is 0 Å². The van der Waals surface area contributed by atoms with E-state index >= 15 is 0 Å². The average Bonchev–Trinajstić information content (AvgIpc) is 3.72. The van der Waals surface area contributed by atoms with Crippen LogP contribution in [0.15, 0.2) is 158 Å². The maximum Gasteiger partial charge on any atom is 0.248 e. The number of hydrogen-bond acceptors (Lipinski definition) is 2. The van der Waals surface area contributed by atoms with Crippen LogP contribution < -0.4 is 42.6 Å². The molecule has 0 bridgehead atoms. The predicted molar refractivity (Wildman–Crippen MR) is 310 cm³/mol. The normalized spacial score (nSPS) is 15.5. The van der Waals surface area contributed by atoms with Gasteiger partial charge in [0.15, 0.2) is 0 Å². The fraction of sp³-hybridized carbons (Fsp3) is 0.176. The number of nitrogens with zero attached hydrogens (tertiary/aromatic N) is 2. The summed E-state index contributed by atoms with van der Waals surface area (Å²) >= 11 is 0. The Kier molecular flexibility index (Phi) is 8.26. The maximum atomic E-state index is 2.76. The molecule has 0 spiro atoms. The number of aryl methyl sites for hydroxylation is 6. The summed E-state index contributed by atoms with van der Waals surface area (Å²) in [6.45, 7) is 23.6. The van der Waals surface area contributed by atoms with Gasteiger partial charge in [-0.2, -0.15) is 0 Å². The van der Waals surface area contributed by atoms with Gasteiger partial charge in [0, 0.05) is 22.2 Å². The van der Waals surface area contributed by atoms with E-state index in [4.69, 9.17) is 0 Å². The van der Waals surface area contributed by atoms with Gasteiger partial charge in [0.2, 0.25) is 13.4 Å². The SMILES string of the molecule is Cc1cc(C)c(B2c3cc4c(cc3N3c5cc6ccccc6c6c5N(c5cc7c(cc5B6c5c(C)cc(C)cc5C)-c5ccccc5C7(C)C)c5cc6ccccc6c2c53)C(C)(C)c2ccccc2-4)c(C)c1. The van der Waals surface area contributed by atoms with Crippen LogP contribution >= 0.6 is 0 Å². The van der Waals surface area contributed by atoms with Crippen molar-refractivity contribution < 1.29 is 0 Å². The van der Waals surface area contributed by atoms with Gasteiger partial charge >= 0.3 is 0 Å². The molecular formula is C68H56B2N2. The molecule has 0 N–H and O–H groups in total. The van der Waals surface area contributed by atoms with Crippen LogP contribution in [0.4, 0.5) is 34.1 Å². The first kappa shape index (κ1) is 42.2. The molecule has 0 atom stereocenters. The van der Waals surface area contributed by atoms with Crippen LogP contribution in [-0.4, -0.2) is 13.4 Å². The van der Waals surface area contributed by atoms with Crippen LogP contribution in [0.25, 0.3) is 43.8 Å². The first-order chi connectivity index (χ1) is 34.7. The largest absolute Gasteiger partial charge is 0.307 e. The molecule has 3 aliphatic heterocycles. The lowest BCUT2D eigenvalue weighted by Gasteiger charge is -2.50. The lowest BCUT2D eigenvalue weighted by molar-refractivity contribution is 0.660.